The first-order valence-electron chi connectivity index (χ1n) is 10.4. The number of ether oxygens (including phenoxy) is 1. The van der Waals surface area contributed by atoms with Gasteiger partial charge in [0, 0.05) is 37.6 Å². The summed E-state index contributed by atoms with van der Waals surface area (Å²) < 4.78 is 23.2. The molecule has 0 saturated carbocycles. The first-order chi connectivity index (χ1) is 14.6. The average molecular weight is 434 g/mol. The van der Waals surface area contributed by atoms with Crippen LogP contribution in [0.2, 0.25) is 0 Å². The van der Waals surface area contributed by atoms with E-state index in [1.807, 2.05) is 0 Å². The quantitative estimate of drug-likeness (QED) is 0.580. The Morgan fingerprint density at radius 1 is 1.10 bits per heavy atom. The van der Waals surface area contributed by atoms with Crippen molar-refractivity contribution in [3.63, 3.8) is 0 Å². The zero-order valence-corrected chi connectivity index (χ0v) is 18.6. The molecule has 8 heteroatoms. The highest BCUT2D eigenvalue weighted by Gasteiger charge is 2.16. The fourth-order valence-electron chi connectivity index (χ4n) is 3.44. The number of amides is 1. The Morgan fingerprint density at radius 3 is 2.47 bits per heavy atom. The first-order valence-corrected chi connectivity index (χ1v) is 11.7. The number of rotatable bonds is 10. The van der Waals surface area contributed by atoms with E-state index in [2.05, 4.69) is 22.0 Å². The molecule has 1 amide bonds. The van der Waals surface area contributed by atoms with Gasteiger partial charge in [-0.2, -0.15) is 0 Å². The molecule has 1 aromatic carbocycles. The van der Waals surface area contributed by atoms with E-state index in [0.717, 1.165) is 51.4 Å². The normalized spacial score (nSPS) is 16.3. The zero-order chi connectivity index (χ0) is 21.3. The second-order valence-electron chi connectivity index (χ2n) is 7.32. The van der Waals surface area contributed by atoms with E-state index in [4.69, 9.17) is 9.15 Å². The lowest BCUT2D eigenvalue weighted by Gasteiger charge is -2.33. The van der Waals surface area contributed by atoms with Crippen LogP contribution >= 0.6 is 0 Å². The maximum atomic E-state index is 12.5. The van der Waals surface area contributed by atoms with Gasteiger partial charge in [0.15, 0.2) is 5.76 Å². The third-order valence-electron chi connectivity index (χ3n) is 5.33. The Hall–Kier alpha value is -2.16. The molecular formula is C22H31N3O4S. The molecular weight excluding hydrogens is 402 g/mol. The van der Waals surface area contributed by atoms with Crippen LogP contribution in [0.1, 0.15) is 29.7 Å². The van der Waals surface area contributed by atoms with E-state index in [0.29, 0.717) is 17.2 Å². The van der Waals surface area contributed by atoms with E-state index in [1.165, 1.54) is 0 Å². The number of carbonyl (C=O) groups excluding carboxylic acids is 1. The van der Waals surface area contributed by atoms with Crippen molar-refractivity contribution in [1.82, 2.24) is 15.1 Å². The number of carbonyl (C=O) groups is 1. The third-order valence-corrected chi connectivity index (χ3v) is 6.67. The van der Waals surface area contributed by atoms with Gasteiger partial charge in [-0.3, -0.25) is 9.00 Å². The number of benzene rings is 1. The molecule has 1 aliphatic heterocycles. The van der Waals surface area contributed by atoms with Gasteiger partial charge in [-0.05, 0) is 55.9 Å². The fourth-order valence-corrected chi connectivity index (χ4v) is 4.46. The lowest BCUT2D eigenvalue weighted by atomic mass is 10.3. The van der Waals surface area contributed by atoms with Gasteiger partial charge in [0.2, 0.25) is 0 Å². The van der Waals surface area contributed by atoms with Crippen molar-refractivity contribution in [1.29, 1.82) is 0 Å². The Balaban J connectivity index is 1.39. The second kappa shape index (κ2) is 11.3. The summed E-state index contributed by atoms with van der Waals surface area (Å²) in [5.74, 6) is 1.50. The summed E-state index contributed by atoms with van der Waals surface area (Å²) in [6.45, 7) is 9.34. The number of methoxy groups -OCH3 is 1. The monoisotopic (exact) mass is 433 g/mol. The molecule has 1 unspecified atom stereocenters. The topological polar surface area (TPSA) is 75.0 Å². The van der Waals surface area contributed by atoms with Gasteiger partial charge in [0.05, 0.1) is 23.7 Å². The fraction of sp³-hybridized carbons (Fsp3) is 0.500. The van der Waals surface area contributed by atoms with E-state index in [1.54, 1.807) is 43.5 Å². The van der Waals surface area contributed by atoms with Gasteiger partial charge in [-0.1, -0.05) is 6.92 Å². The van der Waals surface area contributed by atoms with Gasteiger partial charge in [-0.25, -0.2) is 0 Å². The van der Waals surface area contributed by atoms with E-state index >= 15 is 0 Å². The molecule has 1 atom stereocenters. The number of nitrogens with one attached hydrogen (secondary N) is 1. The molecule has 1 fully saturated rings. The van der Waals surface area contributed by atoms with Crippen molar-refractivity contribution in [2.45, 2.75) is 24.0 Å². The largest absolute Gasteiger partial charge is 0.497 e. The molecule has 1 saturated heterocycles. The van der Waals surface area contributed by atoms with Gasteiger partial charge in [-0.15, -0.1) is 0 Å². The highest BCUT2D eigenvalue weighted by molar-refractivity contribution is 7.84. The SMILES string of the molecule is CCN1CCN(CCCNC(=O)c2ccc(CS(=O)c3ccc(OC)cc3)o2)CC1. The Morgan fingerprint density at radius 2 is 1.80 bits per heavy atom. The van der Waals surface area contributed by atoms with Crippen molar-refractivity contribution in [2.75, 3.05) is 52.9 Å². The smallest absolute Gasteiger partial charge is 0.286 e. The molecule has 2 aromatic rings. The Kier molecular flexibility index (Phi) is 8.48. The maximum Gasteiger partial charge on any atom is 0.286 e. The number of hydrogen-bond acceptors (Lipinski definition) is 6. The van der Waals surface area contributed by atoms with Gasteiger partial charge < -0.3 is 24.3 Å². The average Bonchev–Trinajstić information content (AvgIpc) is 3.25. The second-order valence-corrected chi connectivity index (χ2v) is 8.77. The highest BCUT2D eigenvalue weighted by atomic mass is 32.2. The van der Waals surface area contributed by atoms with Crippen molar-refractivity contribution in [2.24, 2.45) is 0 Å². The standard InChI is InChI=1S/C22H31N3O4S/c1-3-24-13-15-25(16-14-24)12-4-11-23-22(26)21-10-7-19(29-21)17-30(27)20-8-5-18(28-2)6-9-20/h5-10H,3-4,11-17H2,1-2H3,(H,23,26). The molecule has 0 radical (unpaired) electrons. The van der Waals surface area contributed by atoms with Crippen LogP contribution in [-0.2, 0) is 16.6 Å². The molecule has 0 spiro atoms. The number of piperazine rings is 1. The predicted octanol–water partition coefficient (Wildman–Crippen LogP) is 2.35. The van der Waals surface area contributed by atoms with Crippen LogP contribution in [0.3, 0.4) is 0 Å². The summed E-state index contributed by atoms with van der Waals surface area (Å²) in [6.07, 6.45) is 0.910. The summed E-state index contributed by atoms with van der Waals surface area (Å²) in [4.78, 5) is 17.9. The van der Waals surface area contributed by atoms with Crippen molar-refractivity contribution in [3.8, 4) is 5.75 Å². The van der Waals surface area contributed by atoms with Crippen LogP contribution in [0.4, 0.5) is 0 Å². The zero-order valence-electron chi connectivity index (χ0n) is 17.8. The molecule has 30 heavy (non-hydrogen) atoms. The van der Waals surface area contributed by atoms with Crippen molar-refractivity contribution in [3.05, 3.63) is 47.9 Å². The maximum absolute atomic E-state index is 12.5. The van der Waals surface area contributed by atoms with Gasteiger partial charge >= 0.3 is 0 Å². The Bertz CT molecular complexity index is 829. The lowest BCUT2D eigenvalue weighted by Crippen LogP contribution is -2.46. The molecule has 0 aliphatic carbocycles. The summed E-state index contributed by atoms with van der Waals surface area (Å²) >= 11 is 0. The lowest BCUT2D eigenvalue weighted by molar-refractivity contribution is 0.0919. The molecule has 0 bridgehead atoms. The highest BCUT2D eigenvalue weighted by Crippen LogP contribution is 2.18. The molecule has 1 aliphatic rings. The molecule has 2 heterocycles. The summed E-state index contributed by atoms with van der Waals surface area (Å²) in [5.41, 5.74) is 0. The van der Waals surface area contributed by atoms with Gasteiger partial charge in [0.25, 0.3) is 5.91 Å². The summed E-state index contributed by atoms with van der Waals surface area (Å²) in [6, 6.07) is 10.4. The van der Waals surface area contributed by atoms with Crippen molar-refractivity contribution >= 4 is 16.7 Å². The van der Waals surface area contributed by atoms with E-state index in [-0.39, 0.29) is 17.4 Å². The molecule has 1 aromatic heterocycles. The minimum absolute atomic E-state index is 0.226. The van der Waals surface area contributed by atoms with E-state index < -0.39 is 10.8 Å². The van der Waals surface area contributed by atoms with Crippen LogP contribution < -0.4 is 10.1 Å². The minimum atomic E-state index is -1.25. The number of furan rings is 1. The third kappa shape index (κ3) is 6.42. The number of likely N-dealkylation sites (N-methyl/N-ethyl adjacent to an activating group) is 1. The molecule has 3 rings (SSSR count). The van der Waals surface area contributed by atoms with Crippen LogP contribution in [0.15, 0.2) is 45.7 Å². The molecule has 164 valence electrons. The molecule has 7 nitrogen and oxygen atoms in total. The summed E-state index contributed by atoms with van der Waals surface area (Å²) in [5, 5.41) is 2.91. The van der Waals surface area contributed by atoms with Crippen LogP contribution in [0.5, 0.6) is 5.75 Å². The minimum Gasteiger partial charge on any atom is -0.497 e. The number of hydrogen-bond donors (Lipinski definition) is 1. The van der Waals surface area contributed by atoms with Gasteiger partial charge in [0.1, 0.15) is 11.5 Å². The molecule has 1 N–H and O–H groups in total. The van der Waals surface area contributed by atoms with Crippen LogP contribution in [0.25, 0.3) is 0 Å². The summed E-state index contributed by atoms with van der Waals surface area (Å²) in [7, 11) is 0.345. The Labute approximate surface area is 180 Å². The van der Waals surface area contributed by atoms with Crippen LogP contribution in [0, 0.1) is 0 Å². The van der Waals surface area contributed by atoms with E-state index in [9.17, 15) is 9.00 Å². The van der Waals surface area contributed by atoms with Crippen LogP contribution in [-0.4, -0.2) is 72.8 Å². The number of nitrogens with zero attached hydrogens (tertiary/aromatic N) is 2. The van der Waals surface area contributed by atoms with Crippen molar-refractivity contribution < 1.29 is 18.2 Å². The predicted molar refractivity (Wildman–Crippen MR) is 117 cm³/mol. The first kappa shape index (κ1) is 22.5.